The SMILES string of the molecule is COc1ccc(-c2coc3cc(OCC(=O)NCCc4cccc(F)c4)cc(O)c3c2=O)cc1. The van der Waals surface area contributed by atoms with Crippen LogP contribution in [0.2, 0.25) is 0 Å². The summed E-state index contributed by atoms with van der Waals surface area (Å²) in [4.78, 5) is 25.0. The third-order valence-corrected chi connectivity index (χ3v) is 5.23. The van der Waals surface area contributed by atoms with Crippen molar-refractivity contribution in [1.82, 2.24) is 5.32 Å². The molecule has 1 aromatic heterocycles. The van der Waals surface area contributed by atoms with Gasteiger partial charge in [0, 0.05) is 18.7 Å². The summed E-state index contributed by atoms with van der Waals surface area (Å²) in [5.41, 5.74) is 1.40. The Hall–Kier alpha value is -4.33. The molecule has 3 aromatic carbocycles. The molecule has 0 aliphatic rings. The van der Waals surface area contributed by atoms with Gasteiger partial charge in [0.05, 0.1) is 12.7 Å². The summed E-state index contributed by atoms with van der Waals surface area (Å²) in [6, 6.07) is 15.7. The third-order valence-electron chi connectivity index (χ3n) is 5.23. The van der Waals surface area contributed by atoms with Crippen LogP contribution in [-0.4, -0.2) is 31.3 Å². The second-order valence-corrected chi connectivity index (χ2v) is 7.54. The number of aromatic hydroxyl groups is 1. The molecular formula is C26H22FNO6. The Morgan fingerprint density at radius 2 is 1.88 bits per heavy atom. The molecule has 0 spiro atoms. The van der Waals surface area contributed by atoms with Gasteiger partial charge < -0.3 is 24.3 Å². The van der Waals surface area contributed by atoms with Crippen LogP contribution in [0.25, 0.3) is 22.1 Å². The van der Waals surface area contributed by atoms with Gasteiger partial charge in [0.1, 0.15) is 40.3 Å². The maximum atomic E-state index is 13.2. The quantitative estimate of drug-likeness (QED) is 0.409. The van der Waals surface area contributed by atoms with Gasteiger partial charge in [0.25, 0.3) is 5.91 Å². The number of amides is 1. The van der Waals surface area contributed by atoms with Gasteiger partial charge in [-0.05, 0) is 41.8 Å². The van der Waals surface area contributed by atoms with Crippen LogP contribution in [0.5, 0.6) is 17.2 Å². The first-order valence-electron chi connectivity index (χ1n) is 10.5. The first kappa shape index (κ1) is 22.8. The lowest BCUT2D eigenvalue weighted by Crippen LogP contribution is -2.30. The fourth-order valence-electron chi connectivity index (χ4n) is 3.50. The summed E-state index contributed by atoms with van der Waals surface area (Å²) in [5.74, 6) is -0.205. The number of methoxy groups -OCH3 is 1. The van der Waals surface area contributed by atoms with E-state index < -0.39 is 5.43 Å². The highest BCUT2D eigenvalue weighted by Gasteiger charge is 2.15. The van der Waals surface area contributed by atoms with Crippen LogP contribution in [0.1, 0.15) is 5.56 Å². The minimum absolute atomic E-state index is 0.0141. The number of hydrogen-bond acceptors (Lipinski definition) is 6. The Balaban J connectivity index is 1.42. The zero-order valence-corrected chi connectivity index (χ0v) is 18.3. The molecular weight excluding hydrogens is 441 g/mol. The van der Waals surface area contributed by atoms with E-state index in [9.17, 15) is 19.1 Å². The predicted molar refractivity (Wildman–Crippen MR) is 125 cm³/mol. The van der Waals surface area contributed by atoms with Crippen LogP contribution in [0, 0.1) is 5.82 Å². The lowest BCUT2D eigenvalue weighted by molar-refractivity contribution is -0.123. The molecule has 0 radical (unpaired) electrons. The monoisotopic (exact) mass is 463 g/mol. The molecule has 34 heavy (non-hydrogen) atoms. The highest BCUT2D eigenvalue weighted by molar-refractivity contribution is 5.88. The molecule has 0 saturated heterocycles. The molecule has 174 valence electrons. The fraction of sp³-hybridized carbons (Fsp3) is 0.154. The number of halogens is 1. The molecule has 0 unspecified atom stereocenters. The van der Waals surface area contributed by atoms with E-state index in [2.05, 4.69) is 5.32 Å². The fourth-order valence-corrected chi connectivity index (χ4v) is 3.50. The van der Waals surface area contributed by atoms with Gasteiger partial charge in [-0.25, -0.2) is 4.39 Å². The second kappa shape index (κ2) is 10.1. The molecule has 8 heteroatoms. The van der Waals surface area contributed by atoms with Gasteiger partial charge in [-0.3, -0.25) is 9.59 Å². The largest absolute Gasteiger partial charge is 0.507 e. The molecule has 4 aromatic rings. The number of phenols is 1. The van der Waals surface area contributed by atoms with Gasteiger partial charge in [-0.2, -0.15) is 0 Å². The first-order chi connectivity index (χ1) is 16.4. The van der Waals surface area contributed by atoms with E-state index in [-0.39, 0.29) is 46.4 Å². The van der Waals surface area contributed by atoms with Crippen LogP contribution in [-0.2, 0) is 11.2 Å². The van der Waals surface area contributed by atoms with E-state index in [4.69, 9.17) is 13.9 Å². The molecule has 0 aliphatic heterocycles. The van der Waals surface area contributed by atoms with Crippen molar-refractivity contribution < 1.29 is 28.2 Å². The highest BCUT2D eigenvalue weighted by Crippen LogP contribution is 2.30. The maximum Gasteiger partial charge on any atom is 0.257 e. The molecule has 0 saturated carbocycles. The van der Waals surface area contributed by atoms with Gasteiger partial charge in [0.15, 0.2) is 6.61 Å². The van der Waals surface area contributed by atoms with Gasteiger partial charge in [0.2, 0.25) is 5.43 Å². The summed E-state index contributed by atoms with van der Waals surface area (Å²) in [6.45, 7) is 0.0138. The highest BCUT2D eigenvalue weighted by atomic mass is 19.1. The number of carbonyl (C=O) groups is 1. The molecule has 0 aliphatic carbocycles. The number of carbonyl (C=O) groups excluding carboxylic acids is 1. The summed E-state index contributed by atoms with van der Waals surface area (Å²) < 4.78 is 29.4. The van der Waals surface area contributed by atoms with Crippen molar-refractivity contribution in [3.8, 4) is 28.4 Å². The zero-order chi connectivity index (χ0) is 24.1. The number of ether oxygens (including phenoxy) is 2. The van der Waals surface area contributed by atoms with Crippen LogP contribution in [0.3, 0.4) is 0 Å². The summed E-state index contributed by atoms with van der Waals surface area (Å²) in [7, 11) is 1.55. The van der Waals surface area contributed by atoms with Gasteiger partial charge in [-0.1, -0.05) is 24.3 Å². The average molecular weight is 463 g/mol. The maximum absolute atomic E-state index is 13.2. The van der Waals surface area contributed by atoms with Crippen molar-refractivity contribution in [2.24, 2.45) is 0 Å². The molecule has 0 atom stereocenters. The summed E-state index contributed by atoms with van der Waals surface area (Å²) in [6.07, 6.45) is 1.79. The van der Waals surface area contributed by atoms with Gasteiger partial charge in [-0.15, -0.1) is 0 Å². The van der Waals surface area contributed by atoms with E-state index in [0.717, 1.165) is 5.56 Å². The van der Waals surface area contributed by atoms with Crippen LogP contribution < -0.4 is 20.2 Å². The Morgan fingerprint density at radius 1 is 1.09 bits per heavy atom. The number of benzene rings is 3. The predicted octanol–water partition coefficient (Wildman–Crippen LogP) is 4.05. The molecule has 0 bridgehead atoms. The lowest BCUT2D eigenvalue weighted by Gasteiger charge is -2.10. The minimum Gasteiger partial charge on any atom is -0.507 e. The number of phenolic OH excluding ortho intramolecular Hbond substituents is 1. The van der Waals surface area contributed by atoms with E-state index in [1.54, 1.807) is 43.5 Å². The molecule has 2 N–H and O–H groups in total. The van der Waals surface area contributed by atoms with Crippen LogP contribution in [0.4, 0.5) is 4.39 Å². The number of rotatable bonds is 8. The lowest BCUT2D eigenvalue weighted by atomic mass is 10.0. The van der Waals surface area contributed by atoms with E-state index in [0.29, 0.717) is 24.3 Å². The standard InChI is InChI=1S/C26H22FNO6/c1-32-19-7-5-17(6-8-19)21-14-34-23-13-20(12-22(29)25(23)26(21)31)33-15-24(30)28-10-9-16-3-2-4-18(27)11-16/h2-8,11-14,29H,9-10,15H2,1H3,(H,28,30). The molecule has 4 rings (SSSR count). The average Bonchev–Trinajstić information content (AvgIpc) is 2.83. The van der Waals surface area contributed by atoms with E-state index in [1.807, 2.05) is 0 Å². The Morgan fingerprint density at radius 3 is 2.62 bits per heavy atom. The van der Waals surface area contributed by atoms with E-state index in [1.165, 1.54) is 30.5 Å². The molecule has 1 heterocycles. The summed E-state index contributed by atoms with van der Waals surface area (Å²) >= 11 is 0. The molecule has 7 nitrogen and oxygen atoms in total. The zero-order valence-electron chi connectivity index (χ0n) is 18.3. The second-order valence-electron chi connectivity index (χ2n) is 7.54. The van der Waals surface area contributed by atoms with Crippen molar-refractivity contribution in [2.75, 3.05) is 20.3 Å². The smallest absolute Gasteiger partial charge is 0.257 e. The first-order valence-corrected chi connectivity index (χ1v) is 10.5. The minimum atomic E-state index is -0.398. The van der Waals surface area contributed by atoms with Crippen LogP contribution in [0.15, 0.2) is 76.1 Å². The number of nitrogens with one attached hydrogen (secondary N) is 1. The van der Waals surface area contributed by atoms with Crippen molar-refractivity contribution >= 4 is 16.9 Å². The third kappa shape index (κ3) is 5.17. The van der Waals surface area contributed by atoms with E-state index >= 15 is 0 Å². The Bertz CT molecular complexity index is 1380. The van der Waals surface area contributed by atoms with Crippen molar-refractivity contribution in [1.29, 1.82) is 0 Å². The molecule has 1 amide bonds. The topological polar surface area (TPSA) is 98.0 Å². The number of fused-ring (bicyclic) bond motifs is 1. The molecule has 0 fully saturated rings. The van der Waals surface area contributed by atoms with Gasteiger partial charge >= 0.3 is 0 Å². The summed E-state index contributed by atoms with van der Waals surface area (Å²) in [5, 5.41) is 13.1. The number of hydrogen-bond donors (Lipinski definition) is 2. The van der Waals surface area contributed by atoms with Crippen molar-refractivity contribution in [3.05, 3.63) is 88.5 Å². The van der Waals surface area contributed by atoms with Crippen LogP contribution >= 0.6 is 0 Å². The Kier molecular flexibility index (Phi) is 6.77. The Labute approximate surface area is 194 Å². The normalized spacial score (nSPS) is 10.8. The van der Waals surface area contributed by atoms with Crippen molar-refractivity contribution in [3.63, 3.8) is 0 Å². The van der Waals surface area contributed by atoms with Crippen molar-refractivity contribution in [2.45, 2.75) is 6.42 Å².